The van der Waals surface area contributed by atoms with E-state index in [2.05, 4.69) is 22.4 Å². The van der Waals surface area contributed by atoms with Crippen LogP contribution in [0.1, 0.15) is 44.7 Å². The van der Waals surface area contributed by atoms with Gasteiger partial charge in [0.25, 0.3) is 0 Å². The van der Waals surface area contributed by atoms with Gasteiger partial charge in [-0.3, -0.25) is 5.10 Å². The fourth-order valence-electron chi connectivity index (χ4n) is 2.45. The van der Waals surface area contributed by atoms with Gasteiger partial charge in [-0.15, -0.1) is 0 Å². The molecular formula is C12H21N3. The summed E-state index contributed by atoms with van der Waals surface area (Å²) in [4.78, 5) is 0. The first-order valence-electron chi connectivity index (χ1n) is 6.08. The summed E-state index contributed by atoms with van der Waals surface area (Å²) in [5, 5.41) is 10.5. The van der Waals surface area contributed by atoms with Crippen LogP contribution in [0, 0.1) is 5.92 Å². The highest BCUT2D eigenvalue weighted by Crippen LogP contribution is 2.26. The fourth-order valence-corrected chi connectivity index (χ4v) is 2.45. The van der Waals surface area contributed by atoms with Gasteiger partial charge in [-0.1, -0.05) is 19.3 Å². The number of hydrogen-bond donors (Lipinski definition) is 2. The van der Waals surface area contributed by atoms with E-state index >= 15 is 0 Å². The second-order valence-electron chi connectivity index (χ2n) is 4.65. The molecular weight excluding hydrogens is 186 g/mol. The Bertz CT molecular complexity index is 262. The van der Waals surface area contributed by atoms with Gasteiger partial charge in [-0.25, -0.2) is 0 Å². The standard InChI is InChI=1S/C12H21N3/c1-10(11-5-3-2-4-6-11)13-9-12-7-8-14-15-12/h7-8,10-11,13H,2-6,9H2,1H3,(H,14,15)/t10-/m0/s1. The number of aromatic amines is 1. The predicted molar refractivity (Wildman–Crippen MR) is 61.5 cm³/mol. The molecule has 3 nitrogen and oxygen atoms in total. The van der Waals surface area contributed by atoms with Crippen molar-refractivity contribution < 1.29 is 0 Å². The van der Waals surface area contributed by atoms with E-state index in [9.17, 15) is 0 Å². The van der Waals surface area contributed by atoms with E-state index in [0.717, 1.165) is 12.5 Å². The van der Waals surface area contributed by atoms with Crippen LogP contribution in [0.2, 0.25) is 0 Å². The number of nitrogens with zero attached hydrogens (tertiary/aromatic N) is 1. The van der Waals surface area contributed by atoms with Gasteiger partial charge in [0.15, 0.2) is 0 Å². The van der Waals surface area contributed by atoms with E-state index in [0.29, 0.717) is 6.04 Å². The number of hydrogen-bond acceptors (Lipinski definition) is 2. The molecule has 1 saturated carbocycles. The average Bonchev–Trinajstić information content (AvgIpc) is 2.80. The molecule has 0 bridgehead atoms. The Morgan fingerprint density at radius 3 is 2.93 bits per heavy atom. The Kier molecular flexibility index (Phi) is 3.78. The normalized spacial score (nSPS) is 20.3. The minimum atomic E-state index is 0.633. The van der Waals surface area contributed by atoms with E-state index in [1.165, 1.54) is 37.8 Å². The van der Waals surface area contributed by atoms with Crippen molar-refractivity contribution in [1.29, 1.82) is 0 Å². The van der Waals surface area contributed by atoms with Gasteiger partial charge in [0.1, 0.15) is 0 Å². The van der Waals surface area contributed by atoms with Crippen LogP contribution in [0.5, 0.6) is 0 Å². The van der Waals surface area contributed by atoms with Gasteiger partial charge in [-0.05, 0) is 31.7 Å². The van der Waals surface area contributed by atoms with Gasteiger partial charge < -0.3 is 5.32 Å². The molecule has 1 heterocycles. The van der Waals surface area contributed by atoms with E-state index in [1.54, 1.807) is 0 Å². The minimum absolute atomic E-state index is 0.633. The highest BCUT2D eigenvalue weighted by atomic mass is 15.1. The van der Waals surface area contributed by atoms with E-state index < -0.39 is 0 Å². The number of rotatable bonds is 4. The molecule has 1 aromatic heterocycles. The molecule has 1 fully saturated rings. The molecule has 0 unspecified atom stereocenters. The third-order valence-corrected chi connectivity index (χ3v) is 3.53. The van der Waals surface area contributed by atoms with Gasteiger partial charge in [-0.2, -0.15) is 5.10 Å². The van der Waals surface area contributed by atoms with Crippen LogP contribution in [-0.2, 0) is 6.54 Å². The Morgan fingerprint density at radius 2 is 2.27 bits per heavy atom. The lowest BCUT2D eigenvalue weighted by molar-refractivity contribution is 0.280. The van der Waals surface area contributed by atoms with Crippen molar-refractivity contribution in [1.82, 2.24) is 15.5 Å². The van der Waals surface area contributed by atoms with Crippen LogP contribution in [0.25, 0.3) is 0 Å². The van der Waals surface area contributed by atoms with Crippen molar-refractivity contribution in [2.75, 3.05) is 0 Å². The second kappa shape index (κ2) is 5.31. The molecule has 1 aliphatic carbocycles. The van der Waals surface area contributed by atoms with Crippen LogP contribution >= 0.6 is 0 Å². The zero-order chi connectivity index (χ0) is 10.5. The smallest absolute Gasteiger partial charge is 0.0490 e. The lowest BCUT2D eigenvalue weighted by atomic mass is 9.84. The van der Waals surface area contributed by atoms with Crippen LogP contribution in [0.15, 0.2) is 12.3 Å². The summed E-state index contributed by atoms with van der Waals surface area (Å²) >= 11 is 0. The summed E-state index contributed by atoms with van der Waals surface area (Å²) in [6, 6.07) is 2.66. The summed E-state index contributed by atoms with van der Waals surface area (Å²) in [7, 11) is 0. The van der Waals surface area contributed by atoms with Gasteiger partial charge in [0.2, 0.25) is 0 Å². The molecule has 15 heavy (non-hydrogen) atoms. The van der Waals surface area contributed by atoms with Crippen LogP contribution in [-0.4, -0.2) is 16.2 Å². The average molecular weight is 207 g/mol. The summed E-state index contributed by atoms with van der Waals surface area (Å²) in [6.07, 6.45) is 8.88. The lowest BCUT2D eigenvalue weighted by Gasteiger charge is -2.28. The fraction of sp³-hybridized carbons (Fsp3) is 0.750. The summed E-state index contributed by atoms with van der Waals surface area (Å²) in [6.45, 7) is 3.23. The molecule has 0 spiro atoms. The van der Waals surface area contributed by atoms with Crippen LogP contribution in [0.3, 0.4) is 0 Å². The first-order valence-corrected chi connectivity index (χ1v) is 6.08. The summed E-state index contributed by atoms with van der Waals surface area (Å²) < 4.78 is 0. The first kappa shape index (κ1) is 10.7. The van der Waals surface area contributed by atoms with Crippen LogP contribution in [0.4, 0.5) is 0 Å². The molecule has 0 radical (unpaired) electrons. The van der Waals surface area contributed by atoms with E-state index in [4.69, 9.17) is 0 Å². The van der Waals surface area contributed by atoms with Crippen molar-refractivity contribution >= 4 is 0 Å². The second-order valence-corrected chi connectivity index (χ2v) is 4.65. The summed E-state index contributed by atoms with van der Waals surface area (Å²) in [5.74, 6) is 0.877. The highest BCUT2D eigenvalue weighted by Gasteiger charge is 2.19. The Labute approximate surface area is 91.7 Å². The van der Waals surface area contributed by atoms with Crippen LogP contribution < -0.4 is 5.32 Å². The molecule has 0 amide bonds. The third-order valence-electron chi connectivity index (χ3n) is 3.53. The van der Waals surface area contributed by atoms with E-state index in [1.807, 2.05) is 12.3 Å². The van der Waals surface area contributed by atoms with E-state index in [-0.39, 0.29) is 0 Å². The van der Waals surface area contributed by atoms with Gasteiger partial charge in [0.05, 0.1) is 0 Å². The quantitative estimate of drug-likeness (QED) is 0.796. The Hall–Kier alpha value is -0.830. The maximum absolute atomic E-state index is 3.95. The number of nitrogens with one attached hydrogen (secondary N) is 2. The highest BCUT2D eigenvalue weighted by molar-refractivity contribution is 4.97. The van der Waals surface area contributed by atoms with Crippen molar-refractivity contribution in [3.63, 3.8) is 0 Å². The van der Waals surface area contributed by atoms with Crippen molar-refractivity contribution in [2.24, 2.45) is 5.92 Å². The zero-order valence-corrected chi connectivity index (χ0v) is 9.50. The monoisotopic (exact) mass is 207 g/mol. The Balaban J connectivity index is 1.74. The zero-order valence-electron chi connectivity index (χ0n) is 9.50. The molecule has 1 atom stereocenters. The SMILES string of the molecule is C[C@H](NCc1ccn[nH]1)C1CCCCC1. The van der Waals surface area contributed by atoms with Crippen molar-refractivity contribution in [2.45, 2.75) is 51.6 Å². The number of H-pyrrole nitrogens is 1. The molecule has 0 saturated heterocycles. The summed E-state index contributed by atoms with van der Waals surface area (Å²) in [5.41, 5.74) is 1.18. The molecule has 3 heteroatoms. The lowest BCUT2D eigenvalue weighted by Crippen LogP contribution is -2.34. The molecule has 0 aromatic carbocycles. The third kappa shape index (κ3) is 3.06. The Morgan fingerprint density at radius 1 is 1.47 bits per heavy atom. The minimum Gasteiger partial charge on any atom is -0.308 e. The molecule has 1 aromatic rings. The first-order chi connectivity index (χ1) is 7.36. The predicted octanol–water partition coefficient (Wildman–Crippen LogP) is 2.47. The maximum atomic E-state index is 3.95. The molecule has 2 rings (SSSR count). The van der Waals surface area contributed by atoms with Gasteiger partial charge >= 0.3 is 0 Å². The molecule has 84 valence electrons. The topological polar surface area (TPSA) is 40.7 Å². The molecule has 0 aliphatic heterocycles. The molecule has 2 N–H and O–H groups in total. The number of aromatic nitrogens is 2. The van der Waals surface area contributed by atoms with Gasteiger partial charge in [0, 0.05) is 24.5 Å². The largest absolute Gasteiger partial charge is 0.308 e. The molecule has 1 aliphatic rings. The van der Waals surface area contributed by atoms with Crippen molar-refractivity contribution in [3.8, 4) is 0 Å². The maximum Gasteiger partial charge on any atom is 0.0490 e. The van der Waals surface area contributed by atoms with Crippen molar-refractivity contribution in [3.05, 3.63) is 18.0 Å².